The Hall–Kier alpha value is -4.04. The van der Waals surface area contributed by atoms with Crippen molar-refractivity contribution in [3.8, 4) is 0 Å². The molecule has 1 fully saturated rings. The fourth-order valence-corrected chi connectivity index (χ4v) is 4.27. The summed E-state index contributed by atoms with van der Waals surface area (Å²) in [5.41, 5.74) is 3.69. The van der Waals surface area contributed by atoms with Gasteiger partial charge in [0.15, 0.2) is 0 Å². The first-order valence-corrected chi connectivity index (χ1v) is 12.4. The second-order valence-corrected chi connectivity index (χ2v) is 9.03. The molecule has 0 bridgehead atoms. The van der Waals surface area contributed by atoms with Crippen LogP contribution in [0.25, 0.3) is 10.9 Å². The number of aromatic nitrogens is 1. The molecule has 37 heavy (non-hydrogen) atoms. The van der Waals surface area contributed by atoms with Crippen LogP contribution < -0.4 is 5.32 Å². The van der Waals surface area contributed by atoms with E-state index in [0.717, 1.165) is 29.4 Å². The van der Waals surface area contributed by atoms with Gasteiger partial charge >= 0.3 is 11.9 Å². The van der Waals surface area contributed by atoms with E-state index in [1.807, 2.05) is 36.4 Å². The maximum Gasteiger partial charge on any atom is 0.328 e. The lowest BCUT2D eigenvalue weighted by molar-refractivity contribution is -0.134. The number of benzene rings is 2. The molecule has 2 heterocycles. The van der Waals surface area contributed by atoms with Crippen LogP contribution in [0.5, 0.6) is 0 Å². The number of carbonyl (C=O) groups excluding carboxylic acids is 1. The number of likely N-dealkylation sites (tertiary alicyclic amines) is 1. The second kappa shape index (κ2) is 13.9. The quantitative estimate of drug-likeness (QED) is 0.384. The van der Waals surface area contributed by atoms with Gasteiger partial charge in [0.25, 0.3) is 5.91 Å². The highest BCUT2D eigenvalue weighted by molar-refractivity contribution is 5.95. The van der Waals surface area contributed by atoms with Crippen LogP contribution in [0.1, 0.15) is 53.3 Å². The Morgan fingerprint density at radius 1 is 0.946 bits per heavy atom. The number of amides is 1. The van der Waals surface area contributed by atoms with Crippen molar-refractivity contribution >= 4 is 28.7 Å². The van der Waals surface area contributed by atoms with E-state index in [-0.39, 0.29) is 11.9 Å². The molecule has 2 aromatic carbocycles. The molecule has 0 radical (unpaired) electrons. The summed E-state index contributed by atoms with van der Waals surface area (Å²) in [5.74, 6) is -2.62. The number of hydrogen-bond donors (Lipinski definition) is 3. The summed E-state index contributed by atoms with van der Waals surface area (Å²) >= 11 is 0. The van der Waals surface area contributed by atoms with Gasteiger partial charge in [0.05, 0.1) is 11.6 Å². The van der Waals surface area contributed by atoms with Crippen LogP contribution >= 0.6 is 0 Å². The molecule has 8 nitrogen and oxygen atoms in total. The predicted octanol–water partition coefficient (Wildman–Crippen LogP) is 4.60. The topological polar surface area (TPSA) is 120 Å². The number of nitrogens with zero attached hydrogens (tertiary/aromatic N) is 2. The van der Waals surface area contributed by atoms with Crippen LogP contribution in [0.15, 0.2) is 72.8 Å². The highest BCUT2D eigenvalue weighted by Crippen LogP contribution is 2.21. The zero-order chi connectivity index (χ0) is 26.6. The van der Waals surface area contributed by atoms with Crippen LogP contribution in [-0.4, -0.2) is 57.6 Å². The smallest absolute Gasteiger partial charge is 0.328 e. The fraction of sp³-hybridized carbons (Fsp3) is 0.310. The number of aliphatic carboxylic acids is 2. The maximum atomic E-state index is 13.0. The zero-order valence-electron chi connectivity index (χ0n) is 21.0. The molecule has 1 aromatic heterocycles. The van der Waals surface area contributed by atoms with Crippen molar-refractivity contribution in [1.29, 1.82) is 0 Å². The Bertz CT molecular complexity index is 1240. The molecule has 1 aliphatic heterocycles. The standard InChI is InChI=1S/C25H29N3O.C4H4O4/c1-19-8-7-10-21(18-19)23(14-17-28-15-5-2-6-16-28)27-25(29)24-13-12-20-9-3-4-11-22(20)26-24;5-3(6)1-2-4(7)8/h3-4,7-13,18,23H,2,5-6,14-17H2,1H3,(H,27,29);1-2H,(H,5,6)(H,7,8). The van der Waals surface area contributed by atoms with Gasteiger partial charge in [-0.2, -0.15) is 0 Å². The first-order valence-electron chi connectivity index (χ1n) is 12.4. The van der Waals surface area contributed by atoms with Gasteiger partial charge < -0.3 is 20.4 Å². The molecule has 8 heteroatoms. The molecular formula is C29H33N3O5. The van der Waals surface area contributed by atoms with Gasteiger partial charge in [-0.15, -0.1) is 0 Å². The molecule has 1 aliphatic rings. The van der Waals surface area contributed by atoms with E-state index in [4.69, 9.17) is 10.2 Å². The molecule has 3 N–H and O–H groups in total. The monoisotopic (exact) mass is 503 g/mol. The minimum absolute atomic E-state index is 0.0161. The zero-order valence-corrected chi connectivity index (χ0v) is 21.0. The number of nitrogens with one attached hydrogen (secondary N) is 1. The number of aryl methyl sites for hydroxylation is 1. The van der Waals surface area contributed by atoms with E-state index in [0.29, 0.717) is 17.8 Å². The van der Waals surface area contributed by atoms with Crippen molar-refractivity contribution in [1.82, 2.24) is 15.2 Å². The van der Waals surface area contributed by atoms with Crippen molar-refractivity contribution < 1.29 is 24.6 Å². The van der Waals surface area contributed by atoms with Crippen LogP contribution in [0.4, 0.5) is 0 Å². The molecule has 4 rings (SSSR count). The molecule has 1 atom stereocenters. The number of piperidine rings is 1. The number of rotatable bonds is 8. The molecule has 0 aliphatic carbocycles. The number of carbonyl (C=O) groups is 3. The van der Waals surface area contributed by atoms with E-state index in [2.05, 4.69) is 46.4 Å². The summed E-state index contributed by atoms with van der Waals surface area (Å²) in [6.07, 6.45) is 5.92. The van der Waals surface area contributed by atoms with E-state index in [9.17, 15) is 14.4 Å². The highest BCUT2D eigenvalue weighted by atomic mass is 16.4. The summed E-state index contributed by atoms with van der Waals surface area (Å²) in [5, 5.41) is 19.9. The number of carboxylic acid groups (broad SMARTS) is 2. The fourth-order valence-electron chi connectivity index (χ4n) is 4.27. The molecule has 1 amide bonds. The van der Waals surface area contributed by atoms with Crippen LogP contribution in [0.3, 0.4) is 0 Å². The van der Waals surface area contributed by atoms with Gasteiger partial charge in [0.2, 0.25) is 0 Å². The van der Waals surface area contributed by atoms with E-state index in [1.165, 1.54) is 37.9 Å². The molecule has 0 saturated carbocycles. The lowest BCUT2D eigenvalue weighted by Crippen LogP contribution is -2.35. The van der Waals surface area contributed by atoms with Gasteiger partial charge in [0.1, 0.15) is 5.69 Å². The van der Waals surface area contributed by atoms with Crippen molar-refractivity contribution in [2.24, 2.45) is 0 Å². The van der Waals surface area contributed by atoms with E-state index >= 15 is 0 Å². The number of pyridine rings is 1. The summed E-state index contributed by atoms with van der Waals surface area (Å²) < 4.78 is 0. The van der Waals surface area contributed by atoms with Crippen molar-refractivity contribution in [3.05, 3.63) is 89.6 Å². The number of carboxylic acids is 2. The first-order chi connectivity index (χ1) is 17.8. The van der Waals surface area contributed by atoms with Gasteiger partial charge in [-0.3, -0.25) is 4.79 Å². The van der Waals surface area contributed by atoms with Crippen LogP contribution in [-0.2, 0) is 9.59 Å². The predicted molar refractivity (Wildman–Crippen MR) is 142 cm³/mol. The highest BCUT2D eigenvalue weighted by Gasteiger charge is 2.19. The third-order valence-electron chi connectivity index (χ3n) is 6.13. The third-order valence-corrected chi connectivity index (χ3v) is 6.13. The first kappa shape index (κ1) is 27.5. The molecule has 3 aromatic rings. The van der Waals surface area contributed by atoms with Crippen molar-refractivity contribution in [3.63, 3.8) is 0 Å². The average Bonchev–Trinajstić information content (AvgIpc) is 2.90. The van der Waals surface area contributed by atoms with Gasteiger partial charge in [-0.1, -0.05) is 60.5 Å². The van der Waals surface area contributed by atoms with Crippen LogP contribution in [0, 0.1) is 6.92 Å². The maximum absolute atomic E-state index is 13.0. The Kier molecular flexibility index (Phi) is 10.3. The summed E-state index contributed by atoms with van der Waals surface area (Å²) in [6.45, 7) is 5.43. The number of fused-ring (bicyclic) bond motifs is 1. The second-order valence-electron chi connectivity index (χ2n) is 9.03. The van der Waals surface area contributed by atoms with Crippen molar-refractivity contribution in [2.45, 2.75) is 38.6 Å². The minimum atomic E-state index is -1.26. The average molecular weight is 504 g/mol. The SMILES string of the molecule is Cc1cccc(C(CCN2CCCCC2)NC(=O)c2ccc3ccccc3n2)c1.O=C(O)C=CC(=O)O. The van der Waals surface area contributed by atoms with Gasteiger partial charge in [0, 0.05) is 24.1 Å². The third kappa shape index (κ3) is 9.16. The molecule has 1 saturated heterocycles. The lowest BCUT2D eigenvalue weighted by Gasteiger charge is -2.29. The Labute approximate surface area is 216 Å². The largest absolute Gasteiger partial charge is 0.478 e. The molecule has 0 spiro atoms. The molecular weight excluding hydrogens is 470 g/mol. The minimum Gasteiger partial charge on any atom is -0.478 e. The van der Waals surface area contributed by atoms with Gasteiger partial charge in [-0.05, 0) is 57.0 Å². The summed E-state index contributed by atoms with van der Waals surface area (Å²) in [6, 6.07) is 20.1. The van der Waals surface area contributed by atoms with Crippen molar-refractivity contribution in [2.75, 3.05) is 19.6 Å². The number of para-hydroxylation sites is 1. The Morgan fingerprint density at radius 2 is 1.65 bits per heavy atom. The lowest BCUT2D eigenvalue weighted by atomic mass is 10.0. The van der Waals surface area contributed by atoms with E-state index < -0.39 is 11.9 Å². The Balaban J connectivity index is 0.000000414. The summed E-state index contributed by atoms with van der Waals surface area (Å²) in [7, 11) is 0. The van der Waals surface area contributed by atoms with E-state index in [1.54, 1.807) is 0 Å². The Morgan fingerprint density at radius 3 is 2.32 bits per heavy atom. The normalized spacial score (nSPS) is 14.5. The van der Waals surface area contributed by atoms with Gasteiger partial charge in [-0.25, -0.2) is 14.6 Å². The number of hydrogen-bond acceptors (Lipinski definition) is 5. The molecule has 1 unspecified atom stereocenters. The van der Waals surface area contributed by atoms with Crippen LogP contribution in [0.2, 0.25) is 0 Å². The molecule has 194 valence electrons. The summed E-state index contributed by atoms with van der Waals surface area (Å²) in [4.78, 5) is 39.2.